The van der Waals surface area contributed by atoms with E-state index in [-0.39, 0.29) is 10.8 Å². The number of hydrogen-bond donors (Lipinski definition) is 0. The van der Waals surface area contributed by atoms with Crippen molar-refractivity contribution in [2.75, 3.05) is 0 Å². The number of nitrogens with zero attached hydrogens (tertiary/aromatic N) is 3. The zero-order valence-corrected chi connectivity index (χ0v) is 27.4. The lowest BCUT2D eigenvalue weighted by Crippen LogP contribution is -2.82. The Balaban J connectivity index is 1.54. The molecule has 0 bridgehead atoms. The largest absolute Gasteiger partial charge is 0.286 e. The van der Waals surface area contributed by atoms with Gasteiger partial charge in [0.1, 0.15) is 11.1 Å². The molecule has 0 radical (unpaired) electrons. The monoisotopic (exact) mass is 596 g/mol. The van der Waals surface area contributed by atoms with Gasteiger partial charge < -0.3 is 0 Å². The Morgan fingerprint density at radius 1 is 0.457 bits per heavy atom. The van der Waals surface area contributed by atoms with Gasteiger partial charge in [-0.2, -0.15) is 0 Å². The molecule has 0 unspecified atom stereocenters. The van der Waals surface area contributed by atoms with Crippen molar-refractivity contribution in [3.63, 3.8) is 0 Å². The average Bonchev–Trinajstić information content (AvgIpc) is 3.64. The Hall–Kier alpha value is -4.86. The second kappa shape index (κ2) is 8.10. The molecule has 3 nitrogen and oxygen atoms in total. The molecule has 4 aliphatic rings. The van der Waals surface area contributed by atoms with Gasteiger partial charge in [-0.3, -0.25) is 0 Å². The number of rotatable bonds is 0. The first-order valence-corrected chi connectivity index (χ1v) is 16.6. The van der Waals surface area contributed by atoms with Crippen molar-refractivity contribution in [1.29, 1.82) is 0 Å². The van der Waals surface area contributed by atoms with Gasteiger partial charge in [0.2, 0.25) is 12.4 Å². The van der Waals surface area contributed by atoms with Crippen molar-refractivity contribution in [1.82, 2.24) is 4.70 Å². The molecule has 0 saturated carbocycles. The van der Waals surface area contributed by atoms with Gasteiger partial charge in [-0.15, -0.1) is 0 Å². The summed E-state index contributed by atoms with van der Waals surface area (Å²) in [5, 5.41) is 0. The molecule has 6 aromatic rings. The van der Waals surface area contributed by atoms with E-state index < -0.39 is 5.41 Å². The number of hydrogen-bond acceptors (Lipinski definition) is 0. The first-order chi connectivity index (χ1) is 22.1. The minimum absolute atomic E-state index is 0.0356. The molecule has 0 amide bonds. The van der Waals surface area contributed by atoms with Gasteiger partial charge in [0.15, 0.2) is 4.70 Å². The van der Waals surface area contributed by atoms with E-state index in [1.165, 1.54) is 78.4 Å². The third-order valence-corrected chi connectivity index (χ3v) is 11.2. The number of pyridine rings is 2. The normalized spacial score (nSPS) is 16.4. The zero-order valence-electron chi connectivity index (χ0n) is 27.4. The molecule has 1 aliphatic carbocycles. The Morgan fingerprint density at radius 3 is 1.30 bits per heavy atom. The third kappa shape index (κ3) is 2.78. The minimum Gasteiger partial charge on any atom is -0.0619 e. The molecular weight excluding hydrogens is 558 g/mol. The van der Waals surface area contributed by atoms with Crippen LogP contribution in [0.2, 0.25) is 0 Å². The van der Waals surface area contributed by atoms with Gasteiger partial charge >= 0.3 is 0 Å². The van der Waals surface area contributed by atoms with E-state index >= 15 is 0 Å². The summed E-state index contributed by atoms with van der Waals surface area (Å²) in [6, 6.07) is 42.0. The fraction of sp³-hybridized carbons (Fsp3) is 0.209. The molecule has 0 fully saturated rings. The quantitative estimate of drug-likeness (QED) is 0.122. The van der Waals surface area contributed by atoms with Gasteiger partial charge in [0, 0.05) is 35.4 Å². The Morgan fingerprint density at radius 2 is 0.870 bits per heavy atom. The highest BCUT2D eigenvalue weighted by Gasteiger charge is 2.75. The summed E-state index contributed by atoms with van der Waals surface area (Å²) >= 11 is 0. The smallest absolute Gasteiger partial charge is 0.0619 e. The number of aromatic nitrogens is 2. The summed E-state index contributed by atoms with van der Waals surface area (Å²) in [7, 11) is 0. The molecule has 0 saturated heterocycles. The van der Waals surface area contributed by atoms with Crippen LogP contribution >= 0.6 is 0 Å². The minimum atomic E-state index is -0.475. The first kappa shape index (κ1) is 26.4. The van der Waals surface area contributed by atoms with Crippen molar-refractivity contribution >= 4 is 11.4 Å². The molecular formula is C43H38N3+3. The van der Waals surface area contributed by atoms with Crippen LogP contribution in [0, 0.1) is 0 Å². The van der Waals surface area contributed by atoms with Crippen LogP contribution in [0.4, 0.5) is 11.4 Å². The molecule has 3 aliphatic heterocycles. The van der Waals surface area contributed by atoms with E-state index in [4.69, 9.17) is 0 Å². The SMILES string of the molecule is CC(C)(C)c1cc2c3c(c1)C1(c4ccccc4-c4ccccc41)c1cc(C(C)(C)C)cc4c1[N+]3([n+]1ccccc1-2)[n+]1ccccc1-4. The topological polar surface area (TPSA) is 7.76 Å². The Labute approximate surface area is 271 Å². The van der Waals surface area contributed by atoms with E-state index in [9.17, 15) is 0 Å². The van der Waals surface area contributed by atoms with Crippen molar-refractivity contribution in [3.05, 3.63) is 155 Å². The standard InChI is InChI=1S/C43H38N3/c1-41(2,3)27-23-31-37-19-11-13-21-44(37)46-39(31)35(25-27)43(33-17-9-7-15-29(33)30-16-8-10-18-34(30)43)36-26-28(42(4,5)6)24-32(40(36)46)38-20-12-14-22-45(38)46/h7-26H,1-6H3/q+3. The Kier molecular flexibility index (Phi) is 4.64. The third-order valence-electron chi connectivity index (χ3n) is 11.2. The highest BCUT2D eigenvalue weighted by Crippen LogP contribution is 2.68. The second-order valence-electron chi connectivity index (χ2n) is 15.6. The highest BCUT2D eigenvalue weighted by molar-refractivity contribution is 5.99. The number of fused-ring (bicyclic) bond motifs is 11. The lowest BCUT2D eigenvalue weighted by Gasteiger charge is -2.40. The summed E-state index contributed by atoms with van der Waals surface area (Å²) in [6.07, 6.45) is 4.59. The zero-order chi connectivity index (χ0) is 31.4. The molecule has 2 spiro atoms. The lowest BCUT2D eigenvalue weighted by molar-refractivity contribution is -1.02. The molecule has 46 heavy (non-hydrogen) atoms. The van der Waals surface area contributed by atoms with Crippen molar-refractivity contribution in [2.24, 2.45) is 0 Å². The molecule has 0 N–H and O–H groups in total. The van der Waals surface area contributed by atoms with Crippen molar-refractivity contribution < 1.29 is 9.35 Å². The van der Waals surface area contributed by atoms with Crippen LogP contribution in [0.3, 0.4) is 0 Å². The summed E-state index contributed by atoms with van der Waals surface area (Å²) < 4.78 is 5.55. The predicted octanol–water partition coefficient (Wildman–Crippen LogP) is 9.06. The van der Waals surface area contributed by atoms with E-state index in [2.05, 4.69) is 172 Å². The fourth-order valence-electron chi connectivity index (χ4n) is 9.18. The van der Waals surface area contributed by atoms with Crippen LogP contribution in [0.25, 0.3) is 33.6 Å². The maximum atomic E-state index is 2.58. The van der Waals surface area contributed by atoms with Gasteiger partial charge in [-0.05, 0) is 80.6 Å². The maximum Gasteiger partial charge on any atom is 0.286 e. The van der Waals surface area contributed by atoms with Crippen LogP contribution in [-0.2, 0) is 16.2 Å². The number of benzene rings is 4. The lowest BCUT2D eigenvalue weighted by atomic mass is 9.62. The van der Waals surface area contributed by atoms with Gasteiger partial charge in [-0.1, -0.05) is 90.1 Å². The molecule has 222 valence electrons. The van der Waals surface area contributed by atoms with E-state index in [0.29, 0.717) is 4.70 Å². The first-order valence-electron chi connectivity index (χ1n) is 16.6. The van der Waals surface area contributed by atoms with Gasteiger partial charge in [0.25, 0.3) is 22.8 Å². The van der Waals surface area contributed by atoms with Crippen LogP contribution < -0.4 is 14.1 Å². The molecule has 5 heterocycles. The van der Waals surface area contributed by atoms with E-state index in [1.54, 1.807) is 0 Å². The molecule has 3 heteroatoms. The predicted molar refractivity (Wildman–Crippen MR) is 185 cm³/mol. The second-order valence-corrected chi connectivity index (χ2v) is 15.6. The summed E-state index contributed by atoms with van der Waals surface area (Å²) in [6.45, 7) is 14.1. The van der Waals surface area contributed by atoms with Gasteiger partial charge in [0.05, 0.1) is 14.8 Å². The number of quaternary nitrogens is 1. The van der Waals surface area contributed by atoms with Crippen molar-refractivity contribution in [3.8, 4) is 33.6 Å². The van der Waals surface area contributed by atoms with Crippen LogP contribution in [-0.4, -0.2) is 0 Å². The average molecular weight is 597 g/mol. The summed E-state index contributed by atoms with van der Waals surface area (Å²) in [4.78, 5) is 0. The fourth-order valence-corrected chi connectivity index (χ4v) is 9.18. The molecule has 0 atom stereocenters. The maximum absolute atomic E-state index is 2.58. The van der Waals surface area contributed by atoms with Crippen LogP contribution in [0.1, 0.15) is 74.9 Å². The van der Waals surface area contributed by atoms with E-state index in [1.807, 2.05) is 0 Å². The van der Waals surface area contributed by atoms with E-state index in [0.717, 1.165) is 0 Å². The molecule has 10 rings (SSSR count). The van der Waals surface area contributed by atoms with Crippen LogP contribution in [0.15, 0.2) is 122 Å². The molecule has 4 aromatic carbocycles. The highest BCUT2D eigenvalue weighted by atomic mass is 15.9. The Bertz CT molecular complexity index is 2180. The van der Waals surface area contributed by atoms with Crippen molar-refractivity contribution in [2.45, 2.75) is 57.8 Å². The van der Waals surface area contributed by atoms with Crippen LogP contribution in [0.5, 0.6) is 0 Å². The van der Waals surface area contributed by atoms with Gasteiger partial charge in [-0.25, -0.2) is 0 Å². The summed E-state index contributed by atoms with van der Waals surface area (Å²) in [5.41, 5.74) is 18.3. The molecule has 2 aromatic heterocycles. The summed E-state index contributed by atoms with van der Waals surface area (Å²) in [5.74, 6) is 0.